The van der Waals surface area contributed by atoms with Crippen LogP contribution in [0.3, 0.4) is 0 Å². The molecule has 0 aliphatic rings. The molecule has 0 saturated heterocycles. The minimum atomic E-state index is -0.127. The van der Waals surface area contributed by atoms with Crippen LogP contribution in [0, 0.1) is 6.92 Å². The number of hydrogen-bond donors (Lipinski definition) is 1. The Labute approximate surface area is 156 Å². The highest BCUT2D eigenvalue weighted by Crippen LogP contribution is 2.24. The van der Waals surface area contributed by atoms with Gasteiger partial charge in [-0.05, 0) is 54.2 Å². The standard InChI is InChI=1S/C22H29NO3/c1-6-20(18-9-12-21(25-5)16(4)13-18)23-22(24)14-26-19-10-7-17(8-11-19)15(2)3/h7-13,15,20H,6,14H2,1-5H3,(H,23,24)/t20-/m0/s1. The average molecular weight is 355 g/mol. The van der Waals surface area contributed by atoms with Crippen LogP contribution in [0.25, 0.3) is 0 Å². The zero-order valence-electron chi connectivity index (χ0n) is 16.3. The Morgan fingerprint density at radius 2 is 1.73 bits per heavy atom. The smallest absolute Gasteiger partial charge is 0.258 e. The van der Waals surface area contributed by atoms with Crippen LogP contribution < -0.4 is 14.8 Å². The van der Waals surface area contributed by atoms with Gasteiger partial charge in [0.05, 0.1) is 13.2 Å². The molecule has 1 N–H and O–H groups in total. The van der Waals surface area contributed by atoms with E-state index in [2.05, 4.69) is 32.2 Å². The number of hydrogen-bond acceptors (Lipinski definition) is 3. The maximum Gasteiger partial charge on any atom is 0.258 e. The maximum absolute atomic E-state index is 12.3. The summed E-state index contributed by atoms with van der Waals surface area (Å²) in [5.41, 5.74) is 3.38. The third-order valence-corrected chi connectivity index (χ3v) is 4.48. The molecule has 0 aliphatic heterocycles. The Morgan fingerprint density at radius 3 is 2.27 bits per heavy atom. The molecule has 0 bridgehead atoms. The van der Waals surface area contributed by atoms with Crippen LogP contribution >= 0.6 is 0 Å². The molecule has 0 aromatic heterocycles. The zero-order valence-corrected chi connectivity index (χ0v) is 16.3. The van der Waals surface area contributed by atoms with Gasteiger partial charge in [-0.1, -0.05) is 45.0 Å². The van der Waals surface area contributed by atoms with Crippen LogP contribution in [-0.2, 0) is 4.79 Å². The number of carbonyl (C=O) groups is 1. The van der Waals surface area contributed by atoms with Gasteiger partial charge in [0, 0.05) is 0 Å². The fourth-order valence-electron chi connectivity index (χ4n) is 2.87. The molecule has 0 radical (unpaired) electrons. The van der Waals surface area contributed by atoms with E-state index >= 15 is 0 Å². The number of carbonyl (C=O) groups excluding carboxylic acids is 1. The molecule has 0 saturated carbocycles. The lowest BCUT2D eigenvalue weighted by molar-refractivity contribution is -0.123. The maximum atomic E-state index is 12.3. The first-order valence-corrected chi connectivity index (χ1v) is 9.11. The number of aryl methyl sites for hydroxylation is 1. The lowest BCUT2D eigenvalue weighted by Gasteiger charge is -2.19. The van der Waals surface area contributed by atoms with Crippen LogP contribution in [0.5, 0.6) is 11.5 Å². The predicted octanol–water partition coefficient (Wildman–Crippen LogP) is 4.77. The Morgan fingerprint density at radius 1 is 1.08 bits per heavy atom. The van der Waals surface area contributed by atoms with Gasteiger partial charge >= 0.3 is 0 Å². The summed E-state index contributed by atoms with van der Waals surface area (Å²) in [4.78, 5) is 12.3. The topological polar surface area (TPSA) is 47.6 Å². The first-order valence-electron chi connectivity index (χ1n) is 9.11. The number of rotatable bonds is 8. The van der Waals surface area contributed by atoms with Crippen molar-refractivity contribution in [2.45, 2.75) is 46.1 Å². The lowest BCUT2D eigenvalue weighted by atomic mass is 10.0. The van der Waals surface area contributed by atoms with Crippen molar-refractivity contribution in [2.75, 3.05) is 13.7 Å². The minimum absolute atomic E-state index is 0.00661. The van der Waals surface area contributed by atoms with Crippen LogP contribution in [0.4, 0.5) is 0 Å². The summed E-state index contributed by atoms with van der Waals surface area (Å²) in [5.74, 6) is 1.91. The molecule has 2 aromatic carbocycles. The van der Waals surface area contributed by atoms with Crippen LogP contribution in [-0.4, -0.2) is 19.6 Å². The van der Waals surface area contributed by atoms with Gasteiger partial charge in [0.15, 0.2) is 6.61 Å². The van der Waals surface area contributed by atoms with Gasteiger partial charge in [-0.15, -0.1) is 0 Å². The number of methoxy groups -OCH3 is 1. The highest BCUT2D eigenvalue weighted by molar-refractivity contribution is 5.78. The molecule has 26 heavy (non-hydrogen) atoms. The molecule has 4 nitrogen and oxygen atoms in total. The van der Waals surface area contributed by atoms with Gasteiger partial charge in [0.2, 0.25) is 0 Å². The molecule has 0 unspecified atom stereocenters. The predicted molar refractivity (Wildman–Crippen MR) is 105 cm³/mol. The zero-order chi connectivity index (χ0) is 19.1. The third kappa shape index (κ3) is 5.25. The van der Waals surface area contributed by atoms with Crippen molar-refractivity contribution in [1.29, 1.82) is 0 Å². The summed E-state index contributed by atoms with van der Waals surface area (Å²) in [5, 5.41) is 3.04. The molecule has 1 atom stereocenters. The Balaban J connectivity index is 1.93. The fourth-order valence-corrected chi connectivity index (χ4v) is 2.87. The normalized spacial score (nSPS) is 11.9. The molecule has 0 fully saturated rings. The Hall–Kier alpha value is -2.49. The number of amides is 1. The average Bonchev–Trinajstić information content (AvgIpc) is 2.64. The fraction of sp³-hybridized carbons (Fsp3) is 0.409. The second-order valence-electron chi connectivity index (χ2n) is 6.77. The van der Waals surface area contributed by atoms with Crippen LogP contribution in [0.15, 0.2) is 42.5 Å². The van der Waals surface area contributed by atoms with Crippen LogP contribution in [0.1, 0.15) is 55.8 Å². The lowest BCUT2D eigenvalue weighted by Crippen LogP contribution is -2.32. The highest BCUT2D eigenvalue weighted by Gasteiger charge is 2.14. The second-order valence-corrected chi connectivity index (χ2v) is 6.77. The molecular formula is C22H29NO3. The molecule has 0 heterocycles. The molecule has 140 valence electrons. The number of benzene rings is 2. The first kappa shape index (κ1) is 19.8. The first-order chi connectivity index (χ1) is 12.4. The summed E-state index contributed by atoms with van der Waals surface area (Å²) >= 11 is 0. The highest BCUT2D eigenvalue weighted by atomic mass is 16.5. The van der Waals surface area contributed by atoms with Gasteiger partial charge in [-0.3, -0.25) is 4.79 Å². The van der Waals surface area contributed by atoms with Crippen molar-refractivity contribution in [3.8, 4) is 11.5 Å². The van der Waals surface area contributed by atoms with Gasteiger partial charge in [-0.25, -0.2) is 0 Å². The molecule has 2 rings (SSSR count). The Kier molecular flexibility index (Phi) is 7.07. The monoisotopic (exact) mass is 355 g/mol. The minimum Gasteiger partial charge on any atom is -0.496 e. The van der Waals surface area contributed by atoms with Crippen molar-refractivity contribution >= 4 is 5.91 Å². The largest absolute Gasteiger partial charge is 0.496 e. The van der Waals surface area contributed by atoms with Crippen molar-refractivity contribution in [2.24, 2.45) is 0 Å². The van der Waals surface area contributed by atoms with E-state index in [1.54, 1.807) is 7.11 Å². The van der Waals surface area contributed by atoms with E-state index in [-0.39, 0.29) is 18.6 Å². The summed E-state index contributed by atoms with van der Waals surface area (Å²) in [6.45, 7) is 8.35. The van der Waals surface area contributed by atoms with E-state index in [0.717, 1.165) is 23.3 Å². The quantitative estimate of drug-likeness (QED) is 0.742. The molecular weight excluding hydrogens is 326 g/mol. The van der Waals surface area contributed by atoms with Gasteiger partial charge in [0.25, 0.3) is 5.91 Å². The van der Waals surface area contributed by atoms with E-state index in [1.165, 1.54) is 5.56 Å². The number of ether oxygens (including phenoxy) is 2. The van der Waals surface area contributed by atoms with Crippen molar-refractivity contribution in [3.05, 3.63) is 59.2 Å². The van der Waals surface area contributed by atoms with Crippen molar-refractivity contribution in [3.63, 3.8) is 0 Å². The van der Waals surface area contributed by atoms with E-state index < -0.39 is 0 Å². The van der Waals surface area contributed by atoms with E-state index in [9.17, 15) is 4.79 Å². The van der Waals surface area contributed by atoms with Gasteiger partial charge in [-0.2, -0.15) is 0 Å². The molecule has 0 aliphatic carbocycles. The summed E-state index contributed by atoms with van der Waals surface area (Å²) in [6.07, 6.45) is 0.806. The summed E-state index contributed by atoms with van der Waals surface area (Å²) < 4.78 is 10.9. The second kappa shape index (κ2) is 9.27. The Bertz CT molecular complexity index is 723. The third-order valence-electron chi connectivity index (χ3n) is 4.48. The molecule has 4 heteroatoms. The summed E-state index contributed by atoms with van der Waals surface area (Å²) in [7, 11) is 1.66. The SMILES string of the molecule is CC[C@H](NC(=O)COc1ccc(C(C)C)cc1)c1ccc(OC)c(C)c1. The van der Waals surface area contributed by atoms with E-state index in [0.29, 0.717) is 11.7 Å². The van der Waals surface area contributed by atoms with E-state index in [4.69, 9.17) is 9.47 Å². The molecule has 2 aromatic rings. The number of nitrogens with one attached hydrogen (secondary N) is 1. The van der Waals surface area contributed by atoms with E-state index in [1.807, 2.05) is 43.3 Å². The van der Waals surface area contributed by atoms with Crippen molar-refractivity contribution in [1.82, 2.24) is 5.32 Å². The van der Waals surface area contributed by atoms with Crippen LogP contribution in [0.2, 0.25) is 0 Å². The van der Waals surface area contributed by atoms with Gasteiger partial charge in [0.1, 0.15) is 11.5 Å². The molecule has 1 amide bonds. The van der Waals surface area contributed by atoms with Crippen molar-refractivity contribution < 1.29 is 14.3 Å². The summed E-state index contributed by atoms with van der Waals surface area (Å²) in [6, 6.07) is 13.8. The van der Waals surface area contributed by atoms with Gasteiger partial charge < -0.3 is 14.8 Å². The molecule has 0 spiro atoms.